The number of hydrogen-bond acceptors (Lipinski definition) is 6. The van der Waals surface area contributed by atoms with E-state index in [1.165, 1.54) is 13.3 Å². The number of carbonyl (C=O) groups excluding carboxylic acids is 1. The largest absolute Gasteiger partial charge is 0.872 e. The summed E-state index contributed by atoms with van der Waals surface area (Å²) in [4.78, 5) is 26.2. The molecule has 2 aromatic carbocycles. The Morgan fingerprint density at radius 1 is 1.29 bits per heavy atom. The lowest BCUT2D eigenvalue weighted by Crippen LogP contribution is -2.23. The number of nitrogens with zero attached hydrogens (tertiary/aromatic N) is 2. The van der Waals surface area contributed by atoms with E-state index in [1.807, 2.05) is 30.3 Å². The van der Waals surface area contributed by atoms with Crippen LogP contribution in [0.25, 0.3) is 0 Å². The minimum absolute atomic E-state index is 0.0474. The van der Waals surface area contributed by atoms with Crippen LogP contribution in [-0.4, -0.2) is 30.3 Å². The van der Waals surface area contributed by atoms with E-state index in [-0.39, 0.29) is 11.3 Å². The first-order valence-corrected chi connectivity index (χ1v) is 7.11. The number of ether oxygens (including phenoxy) is 1. The van der Waals surface area contributed by atoms with E-state index in [1.54, 1.807) is 0 Å². The van der Waals surface area contributed by atoms with Crippen molar-refractivity contribution < 1.29 is 19.6 Å². The molecule has 0 amide bonds. The summed E-state index contributed by atoms with van der Waals surface area (Å²) < 4.78 is 4.73. The van der Waals surface area contributed by atoms with E-state index in [0.717, 1.165) is 23.8 Å². The SMILES string of the molecule is COC(=O)[C@H](Cc1ccccc1)N=Cc1cc([N+](=O)[O-])ccc1[O-]. The predicted molar refractivity (Wildman–Crippen MR) is 86.1 cm³/mol. The van der Waals surface area contributed by atoms with Gasteiger partial charge in [-0.3, -0.25) is 15.1 Å². The summed E-state index contributed by atoms with van der Waals surface area (Å²) in [5.74, 6) is -0.958. The van der Waals surface area contributed by atoms with E-state index in [9.17, 15) is 20.0 Å². The van der Waals surface area contributed by atoms with Crippen molar-refractivity contribution in [3.05, 3.63) is 69.8 Å². The quantitative estimate of drug-likeness (QED) is 0.348. The Balaban J connectivity index is 2.26. The molecule has 7 heteroatoms. The number of carbonyl (C=O) groups is 1. The van der Waals surface area contributed by atoms with Gasteiger partial charge < -0.3 is 9.84 Å². The van der Waals surface area contributed by atoms with Crippen LogP contribution in [0.2, 0.25) is 0 Å². The van der Waals surface area contributed by atoms with E-state index < -0.39 is 22.7 Å². The Morgan fingerprint density at radius 3 is 2.62 bits per heavy atom. The van der Waals surface area contributed by atoms with Crippen molar-refractivity contribution in [1.29, 1.82) is 0 Å². The molecule has 0 aliphatic rings. The number of aliphatic imine (C=N–C) groups is 1. The van der Waals surface area contributed by atoms with Gasteiger partial charge in [-0.1, -0.05) is 42.1 Å². The van der Waals surface area contributed by atoms with Crippen LogP contribution in [0.3, 0.4) is 0 Å². The highest BCUT2D eigenvalue weighted by Gasteiger charge is 2.18. The number of hydrogen-bond donors (Lipinski definition) is 0. The predicted octanol–water partition coefficient (Wildman–Crippen LogP) is 1.87. The van der Waals surface area contributed by atoms with Crippen LogP contribution in [0.5, 0.6) is 5.75 Å². The molecule has 2 rings (SSSR count). The molecule has 0 fully saturated rings. The van der Waals surface area contributed by atoms with Crippen LogP contribution >= 0.6 is 0 Å². The fourth-order valence-electron chi connectivity index (χ4n) is 2.09. The van der Waals surface area contributed by atoms with Crippen LogP contribution in [0, 0.1) is 10.1 Å². The van der Waals surface area contributed by atoms with E-state index in [4.69, 9.17) is 4.74 Å². The molecule has 0 aliphatic heterocycles. The molecule has 0 unspecified atom stereocenters. The number of rotatable bonds is 6. The average Bonchev–Trinajstić information content (AvgIpc) is 2.59. The van der Waals surface area contributed by atoms with Gasteiger partial charge >= 0.3 is 5.97 Å². The number of nitro groups is 1. The highest BCUT2D eigenvalue weighted by Crippen LogP contribution is 2.19. The zero-order valence-electron chi connectivity index (χ0n) is 12.9. The van der Waals surface area contributed by atoms with E-state index in [0.29, 0.717) is 6.42 Å². The van der Waals surface area contributed by atoms with Gasteiger partial charge in [-0.2, -0.15) is 0 Å². The zero-order valence-corrected chi connectivity index (χ0v) is 12.9. The van der Waals surface area contributed by atoms with Crippen molar-refractivity contribution in [2.45, 2.75) is 12.5 Å². The molecular formula is C17H15N2O5-. The first kappa shape index (κ1) is 17.1. The smallest absolute Gasteiger partial charge is 0.330 e. The van der Waals surface area contributed by atoms with Crippen LogP contribution in [0.1, 0.15) is 11.1 Å². The number of methoxy groups -OCH3 is 1. The van der Waals surface area contributed by atoms with Crippen molar-refractivity contribution in [3.63, 3.8) is 0 Å². The average molecular weight is 327 g/mol. The molecule has 0 saturated carbocycles. The second kappa shape index (κ2) is 7.87. The minimum Gasteiger partial charge on any atom is -0.872 e. The zero-order chi connectivity index (χ0) is 17.5. The lowest BCUT2D eigenvalue weighted by atomic mass is 10.1. The standard InChI is InChI=1S/C17H16N2O5/c1-24-17(21)15(9-12-5-3-2-4-6-12)18-11-13-10-14(19(22)23)7-8-16(13)20/h2-8,10-11,15,20H,9H2,1H3/p-1/t15-/m0/s1. The maximum absolute atomic E-state index is 11.9. The summed E-state index contributed by atoms with van der Waals surface area (Å²) in [6, 6.07) is 11.7. The fourth-order valence-corrected chi connectivity index (χ4v) is 2.09. The molecule has 0 heterocycles. The Bertz CT molecular complexity index is 759. The summed E-state index contributed by atoms with van der Waals surface area (Å²) in [6.07, 6.45) is 1.48. The molecule has 0 N–H and O–H groups in total. The molecule has 2 aromatic rings. The highest BCUT2D eigenvalue weighted by atomic mass is 16.6. The summed E-state index contributed by atoms with van der Waals surface area (Å²) >= 11 is 0. The molecule has 0 aromatic heterocycles. The van der Waals surface area contributed by atoms with Gasteiger partial charge in [-0.05, 0) is 11.1 Å². The first-order chi connectivity index (χ1) is 11.5. The van der Waals surface area contributed by atoms with Crippen molar-refractivity contribution in [2.24, 2.45) is 4.99 Å². The monoisotopic (exact) mass is 327 g/mol. The maximum atomic E-state index is 11.9. The maximum Gasteiger partial charge on any atom is 0.330 e. The fraction of sp³-hybridized carbons (Fsp3) is 0.176. The van der Waals surface area contributed by atoms with Gasteiger partial charge in [0, 0.05) is 24.8 Å². The Labute approximate surface area is 138 Å². The normalized spacial score (nSPS) is 12.0. The van der Waals surface area contributed by atoms with Crippen LogP contribution < -0.4 is 5.11 Å². The van der Waals surface area contributed by atoms with Gasteiger partial charge in [0.05, 0.1) is 12.0 Å². The molecule has 0 saturated heterocycles. The number of nitro benzene ring substituents is 1. The summed E-state index contributed by atoms with van der Waals surface area (Å²) in [6.45, 7) is 0. The van der Waals surface area contributed by atoms with Crippen LogP contribution in [-0.2, 0) is 16.0 Å². The third-order valence-corrected chi connectivity index (χ3v) is 3.34. The minimum atomic E-state index is -0.837. The molecule has 124 valence electrons. The highest BCUT2D eigenvalue weighted by molar-refractivity contribution is 5.87. The van der Waals surface area contributed by atoms with Crippen molar-refractivity contribution >= 4 is 17.9 Å². The molecule has 0 radical (unpaired) electrons. The van der Waals surface area contributed by atoms with Gasteiger partial charge in [-0.25, -0.2) is 4.79 Å². The van der Waals surface area contributed by atoms with Gasteiger partial charge in [0.1, 0.15) is 0 Å². The molecular weight excluding hydrogens is 312 g/mol. The van der Waals surface area contributed by atoms with Crippen LogP contribution in [0.15, 0.2) is 53.5 Å². The third-order valence-electron chi connectivity index (χ3n) is 3.34. The Kier molecular flexibility index (Phi) is 5.62. The van der Waals surface area contributed by atoms with Crippen molar-refractivity contribution in [1.82, 2.24) is 0 Å². The van der Waals surface area contributed by atoms with Crippen molar-refractivity contribution in [2.75, 3.05) is 7.11 Å². The number of benzene rings is 2. The van der Waals surface area contributed by atoms with E-state index in [2.05, 4.69) is 4.99 Å². The second-order valence-corrected chi connectivity index (χ2v) is 4.99. The summed E-state index contributed by atoms with van der Waals surface area (Å²) in [7, 11) is 1.25. The van der Waals surface area contributed by atoms with Crippen LogP contribution in [0.4, 0.5) is 5.69 Å². The third kappa shape index (κ3) is 4.39. The molecule has 0 aliphatic carbocycles. The topological polar surface area (TPSA) is 105 Å². The lowest BCUT2D eigenvalue weighted by Gasteiger charge is -2.12. The summed E-state index contributed by atoms with van der Waals surface area (Å²) in [5.41, 5.74) is 0.714. The number of esters is 1. The molecule has 24 heavy (non-hydrogen) atoms. The van der Waals surface area contributed by atoms with Gasteiger partial charge in [0.2, 0.25) is 0 Å². The van der Waals surface area contributed by atoms with E-state index >= 15 is 0 Å². The molecule has 0 spiro atoms. The molecule has 7 nitrogen and oxygen atoms in total. The van der Waals surface area contributed by atoms with Gasteiger partial charge in [0.15, 0.2) is 6.04 Å². The Hall–Kier alpha value is -3.22. The molecule has 0 bridgehead atoms. The molecule has 1 atom stereocenters. The second-order valence-electron chi connectivity index (χ2n) is 4.99. The number of non-ortho nitro benzene ring substituents is 1. The van der Waals surface area contributed by atoms with Gasteiger partial charge in [-0.15, -0.1) is 0 Å². The lowest BCUT2D eigenvalue weighted by molar-refractivity contribution is -0.385. The van der Waals surface area contributed by atoms with Crippen molar-refractivity contribution in [3.8, 4) is 5.75 Å². The summed E-state index contributed by atoms with van der Waals surface area (Å²) in [5, 5.41) is 22.6. The Morgan fingerprint density at radius 2 is 2.00 bits per heavy atom. The first-order valence-electron chi connectivity index (χ1n) is 7.11. The van der Waals surface area contributed by atoms with Gasteiger partial charge in [0.25, 0.3) is 5.69 Å².